The monoisotopic (exact) mass is 289 g/mol. The number of benzene rings is 1. The largest absolute Gasteiger partial charge is 0.388 e. The van der Waals surface area contributed by atoms with Gasteiger partial charge in [0.2, 0.25) is 5.91 Å². The second-order valence-electron chi connectivity index (χ2n) is 4.49. The van der Waals surface area contributed by atoms with E-state index in [1.165, 1.54) is 6.07 Å². The summed E-state index contributed by atoms with van der Waals surface area (Å²) in [6, 6.07) is 3.49. The first-order chi connectivity index (χ1) is 8.84. The van der Waals surface area contributed by atoms with Crippen LogP contribution in [0.15, 0.2) is 23.1 Å². The normalized spacial score (nSPS) is 13.9. The van der Waals surface area contributed by atoms with Gasteiger partial charge in [-0.3, -0.25) is 4.79 Å². The summed E-state index contributed by atoms with van der Waals surface area (Å²) in [6.45, 7) is 3.62. The summed E-state index contributed by atoms with van der Waals surface area (Å²) in [7, 11) is 0. The minimum Gasteiger partial charge on any atom is -0.388 e. The second-order valence-corrected chi connectivity index (χ2v) is 5.54. The number of hydrogen-bond acceptors (Lipinski definition) is 3. The molecular formula is C13H17F2NO2S. The third kappa shape index (κ3) is 5.57. The van der Waals surface area contributed by atoms with Crippen LogP contribution < -0.4 is 5.32 Å². The van der Waals surface area contributed by atoms with Gasteiger partial charge in [-0.15, -0.1) is 11.8 Å². The van der Waals surface area contributed by atoms with Crippen molar-refractivity contribution in [3.05, 3.63) is 29.8 Å². The molecule has 2 N–H and O–H groups in total. The van der Waals surface area contributed by atoms with Crippen LogP contribution >= 0.6 is 11.8 Å². The minimum absolute atomic E-state index is 0.0882. The summed E-state index contributed by atoms with van der Waals surface area (Å²) in [6.07, 6.45) is 0.531. The first kappa shape index (κ1) is 15.9. The maximum Gasteiger partial charge on any atom is 0.230 e. The van der Waals surface area contributed by atoms with Crippen LogP contribution in [-0.4, -0.2) is 28.9 Å². The Morgan fingerprint density at radius 1 is 1.42 bits per heavy atom. The predicted octanol–water partition coefficient (Wildman–Crippen LogP) is 2.33. The summed E-state index contributed by atoms with van der Waals surface area (Å²) < 4.78 is 25.6. The fourth-order valence-electron chi connectivity index (χ4n) is 1.18. The van der Waals surface area contributed by atoms with Crippen LogP contribution in [-0.2, 0) is 4.79 Å². The van der Waals surface area contributed by atoms with Gasteiger partial charge >= 0.3 is 0 Å². The summed E-state index contributed by atoms with van der Waals surface area (Å²) in [5, 5.41) is 12.3. The molecule has 0 aromatic heterocycles. The van der Waals surface area contributed by atoms with Crippen LogP contribution in [0.2, 0.25) is 0 Å². The quantitative estimate of drug-likeness (QED) is 0.790. The molecule has 0 fully saturated rings. The van der Waals surface area contributed by atoms with E-state index in [0.717, 1.165) is 23.9 Å². The first-order valence-electron chi connectivity index (χ1n) is 5.91. The molecule has 0 saturated heterocycles. The molecule has 0 bridgehead atoms. The molecule has 1 aromatic carbocycles. The van der Waals surface area contributed by atoms with Crippen molar-refractivity contribution in [2.75, 3.05) is 12.3 Å². The Labute approximate surface area is 115 Å². The van der Waals surface area contributed by atoms with Crippen LogP contribution in [0.5, 0.6) is 0 Å². The summed E-state index contributed by atoms with van der Waals surface area (Å²) in [4.78, 5) is 12.0. The molecule has 0 saturated carbocycles. The molecule has 0 spiro atoms. The highest BCUT2D eigenvalue weighted by Crippen LogP contribution is 2.20. The Kier molecular flexibility index (Phi) is 5.75. The molecule has 0 aliphatic carbocycles. The van der Waals surface area contributed by atoms with E-state index in [2.05, 4.69) is 5.32 Å². The van der Waals surface area contributed by atoms with E-state index in [1.807, 2.05) is 6.92 Å². The zero-order valence-corrected chi connectivity index (χ0v) is 11.7. The highest BCUT2D eigenvalue weighted by atomic mass is 32.2. The summed E-state index contributed by atoms with van der Waals surface area (Å²) >= 11 is 1.11. The van der Waals surface area contributed by atoms with E-state index < -0.39 is 17.2 Å². The predicted molar refractivity (Wildman–Crippen MR) is 71.0 cm³/mol. The van der Waals surface area contributed by atoms with Crippen molar-refractivity contribution >= 4 is 17.7 Å². The lowest BCUT2D eigenvalue weighted by atomic mass is 10.0. The van der Waals surface area contributed by atoms with Crippen molar-refractivity contribution in [1.29, 1.82) is 0 Å². The molecule has 0 heterocycles. The van der Waals surface area contributed by atoms with Gasteiger partial charge in [-0.2, -0.15) is 0 Å². The average molecular weight is 289 g/mol. The molecule has 106 valence electrons. The molecule has 1 atom stereocenters. The lowest BCUT2D eigenvalue weighted by molar-refractivity contribution is -0.119. The van der Waals surface area contributed by atoms with Gasteiger partial charge in [-0.25, -0.2) is 8.78 Å². The number of nitrogens with one attached hydrogen (secondary N) is 1. The number of amides is 1. The molecule has 1 aromatic rings. The number of thioether (sulfide) groups is 1. The van der Waals surface area contributed by atoms with Gasteiger partial charge < -0.3 is 10.4 Å². The van der Waals surface area contributed by atoms with Gasteiger partial charge in [0.25, 0.3) is 0 Å². The van der Waals surface area contributed by atoms with E-state index >= 15 is 0 Å². The van der Waals surface area contributed by atoms with E-state index in [4.69, 9.17) is 0 Å². The number of rotatable bonds is 6. The van der Waals surface area contributed by atoms with Gasteiger partial charge in [0, 0.05) is 11.4 Å². The van der Waals surface area contributed by atoms with Crippen molar-refractivity contribution in [2.24, 2.45) is 0 Å². The molecule has 1 amide bonds. The lowest BCUT2D eigenvalue weighted by Gasteiger charge is -2.21. The molecule has 0 aliphatic rings. The maximum atomic E-state index is 12.9. The maximum absolute atomic E-state index is 12.9. The Bertz CT molecular complexity index is 452. The fraction of sp³-hybridized carbons (Fsp3) is 0.462. The summed E-state index contributed by atoms with van der Waals surface area (Å²) in [5.41, 5.74) is -0.928. The molecule has 0 radical (unpaired) electrons. The smallest absolute Gasteiger partial charge is 0.230 e. The zero-order valence-electron chi connectivity index (χ0n) is 10.9. The van der Waals surface area contributed by atoms with Gasteiger partial charge in [-0.1, -0.05) is 6.92 Å². The van der Waals surface area contributed by atoms with Crippen molar-refractivity contribution in [3.8, 4) is 0 Å². The van der Waals surface area contributed by atoms with E-state index in [1.54, 1.807) is 6.92 Å². The zero-order chi connectivity index (χ0) is 14.5. The number of aliphatic hydroxyl groups is 1. The molecular weight excluding hydrogens is 272 g/mol. The van der Waals surface area contributed by atoms with Crippen LogP contribution in [0.4, 0.5) is 8.78 Å². The highest BCUT2D eigenvalue weighted by Gasteiger charge is 2.18. The Morgan fingerprint density at radius 3 is 2.68 bits per heavy atom. The van der Waals surface area contributed by atoms with Crippen molar-refractivity contribution in [2.45, 2.75) is 30.8 Å². The van der Waals surface area contributed by atoms with E-state index in [9.17, 15) is 18.7 Å². The van der Waals surface area contributed by atoms with E-state index in [0.29, 0.717) is 11.3 Å². The van der Waals surface area contributed by atoms with Crippen molar-refractivity contribution < 1.29 is 18.7 Å². The highest BCUT2D eigenvalue weighted by molar-refractivity contribution is 8.00. The molecule has 19 heavy (non-hydrogen) atoms. The summed E-state index contributed by atoms with van der Waals surface area (Å²) in [5.74, 6) is -2.01. The lowest BCUT2D eigenvalue weighted by Crippen LogP contribution is -2.40. The fourth-order valence-corrected chi connectivity index (χ4v) is 1.93. The minimum atomic E-state index is -0.931. The van der Waals surface area contributed by atoms with Crippen LogP contribution in [0.25, 0.3) is 0 Å². The SMILES string of the molecule is CCC(C)(O)CNC(=O)CSc1ccc(F)c(F)c1. The first-order valence-corrected chi connectivity index (χ1v) is 6.89. The van der Waals surface area contributed by atoms with Crippen LogP contribution in [0, 0.1) is 11.6 Å². The standard InChI is InChI=1S/C13H17F2NO2S/c1-3-13(2,18)8-16-12(17)7-19-9-4-5-10(14)11(15)6-9/h4-6,18H,3,7-8H2,1-2H3,(H,16,17). The van der Waals surface area contributed by atoms with E-state index in [-0.39, 0.29) is 18.2 Å². The number of hydrogen-bond donors (Lipinski definition) is 2. The number of carbonyl (C=O) groups excluding carboxylic acids is 1. The van der Waals surface area contributed by atoms with Crippen molar-refractivity contribution in [1.82, 2.24) is 5.32 Å². The number of halogens is 2. The topological polar surface area (TPSA) is 49.3 Å². The molecule has 6 heteroatoms. The molecule has 1 rings (SSSR count). The average Bonchev–Trinajstić information content (AvgIpc) is 2.38. The molecule has 3 nitrogen and oxygen atoms in total. The Hall–Kier alpha value is -1.14. The van der Waals surface area contributed by atoms with Crippen LogP contribution in [0.3, 0.4) is 0 Å². The second kappa shape index (κ2) is 6.86. The molecule has 0 aliphatic heterocycles. The van der Waals surface area contributed by atoms with Gasteiger partial charge in [-0.05, 0) is 31.5 Å². The van der Waals surface area contributed by atoms with Crippen LogP contribution in [0.1, 0.15) is 20.3 Å². The number of carbonyl (C=O) groups is 1. The third-order valence-corrected chi connectivity index (χ3v) is 3.68. The third-order valence-electron chi connectivity index (χ3n) is 2.69. The molecule has 1 unspecified atom stereocenters. The Morgan fingerprint density at radius 2 is 2.11 bits per heavy atom. The van der Waals surface area contributed by atoms with Gasteiger partial charge in [0.05, 0.1) is 11.4 Å². The van der Waals surface area contributed by atoms with Gasteiger partial charge in [0.1, 0.15) is 0 Å². The Balaban J connectivity index is 2.40. The van der Waals surface area contributed by atoms with Gasteiger partial charge in [0.15, 0.2) is 11.6 Å². The van der Waals surface area contributed by atoms with Crippen molar-refractivity contribution in [3.63, 3.8) is 0 Å².